The zero-order valence-electron chi connectivity index (χ0n) is 7.84. The molecule has 0 aliphatic carbocycles. The highest BCUT2D eigenvalue weighted by atomic mass is 32.2. The molecule has 1 aliphatic heterocycles. The van der Waals surface area contributed by atoms with E-state index in [0.717, 1.165) is 25.7 Å². The first-order chi connectivity index (χ1) is 5.93. The normalized spacial score (nSPS) is 23.2. The van der Waals surface area contributed by atoms with Gasteiger partial charge in [0.2, 0.25) is 0 Å². The predicted molar refractivity (Wildman–Crippen MR) is 54.8 cm³/mol. The molecule has 1 unspecified atom stereocenters. The maximum Gasteiger partial charge on any atom is 0.0506 e. The number of ether oxygens (including phenoxy) is 1. The summed E-state index contributed by atoms with van der Waals surface area (Å²) >= 11 is 1.89. The van der Waals surface area contributed by atoms with Crippen molar-refractivity contribution < 1.29 is 4.74 Å². The highest BCUT2D eigenvalue weighted by molar-refractivity contribution is 7.98. The minimum absolute atomic E-state index is 0.777. The first-order valence-corrected chi connectivity index (χ1v) is 6.10. The third-order valence-electron chi connectivity index (χ3n) is 2.15. The van der Waals surface area contributed by atoms with Crippen LogP contribution in [0.3, 0.4) is 0 Å². The molecular weight excluding hydrogens is 170 g/mol. The predicted octanol–water partition coefficient (Wildman–Crippen LogP) is 1.37. The van der Waals surface area contributed by atoms with E-state index in [0.29, 0.717) is 0 Å². The molecule has 0 aromatic carbocycles. The van der Waals surface area contributed by atoms with Crippen LogP contribution < -0.4 is 5.32 Å². The molecule has 0 radical (unpaired) electrons. The molecule has 0 amide bonds. The van der Waals surface area contributed by atoms with Crippen LogP contribution in [0.4, 0.5) is 0 Å². The highest BCUT2D eigenvalue weighted by Crippen LogP contribution is 2.07. The van der Waals surface area contributed by atoms with E-state index in [4.69, 9.17) is 4.74 Å². The van der Waals surface area contributed by atoms with Gasteiger partial charge in [-0.15, -0.1) is 0 Å². The molecule has 0 saturated carbocycles. The van der Waals surface area contributed by atoms with Gasteiger partial charge in [-0.2, -0.15) is 11.8 Å². The van der Waals surface area contributed by atoms with Crippen molar-refractivity contribution in [2.24, 2.45) is 5.92 Å². The largest absolute Gasteiger partial charge is 0.381 e. The van der Waals surface area contributed by atoms with E-state index in [1.165, 1.54) is 25.1 Å². The molecule has 0 bridgehead atoms. The Morgan fingerprint density at radius 3 is 3.17 bits per heavy atom. The van der Waals surface area contributed by atoms with Crippen molar-refractivity contribution in [3.63, 3.8) is 0 Å². The van der Waals surface area contributed by atoms with Crippen LogP contribution in [-0.4, -0.2) is 38.3 Å². The van der Waals surface area contributed by atoms with Gasteiger partial charge in [-0.05, 0) is 37.3 Å². The van der Waals surface area contributed by atoms with E-state index in [-0.39, 0.29) is 0 Å². The maximum atomic E-state index is 5.57. The standard InChI is InChI=1S/C9H19NOS/c1-12-6-2-5-11-8-9-3-4-10-7-9/h9-10H,2-8H2,1H3. The summed E-state index contributed by atoms with van der Waals surface area (Å²) in [5, 5.41) is 3.34. The molecule has 0 aromatic heterocycles. The van der Waals surface area contributed by atoms with Crippen LogP contribution in [0.15, 0.2) is 0 Å². The number of hydrogen-bond acceptors (Lipinski definition) is 3. The van der Waals surface area contributed by atoms with Crippen molar-refractivity contribution in [2.45, 2.75) is 12.8 Å². The van der Waals surface area contributed by atoms with Gasteiger partial charge in [-0.1, -0.05) is 0 Å². The second-order valence-electron chi connectivity index (χ2n) is 3.28. The summed E-state index contributed by atoms with van der Waals surface area (Å²) in [4.78, 5) is 0. The highest BCUT2D eigenvalue weighted by Gasteiger charge is 2.13. The Hall–Kier alpha value is 0.270. The summed E-state index contributed by atoms with van der Waals surface area (Å²) < 4.78 is 5.57. The zero-order chi connectivity index (χ0) is 8.65. The minimum Gasteiger partial charge on any atom is -0.381 e. The summed E-state index contributed by atoms with van der Waals surface area (Å²) in [6, 6.07) is 0. The first kappa shape index (κ1) is 10.4. The lowest BCUT2D eigenvalue weighted by atomic mass is 10.1. The number of rotatable bonds is 6. The fourth-order valence-electron chi connectivity index (χ4n) is 1.41. The van der Waals surface area contributed by atoms with Crippen LogP contribution >= 0.6 is 11.8 Å². The van der Waals surface area contributed by atoms with Crippen molar-refractivity contribution in [2.75, 3.05) is 38.3 Å². The van der Waals surface area contributed by atoms with E-state index in [1.807, 2.05) is 11.8 Å². The van der Waals surface area contributed by atoms with Gasteiger partial charge in [0.25, 0.3) is 0 Å². The molecule has 1 rings (SSSR count). The van der Waals surface area contributed by atoms with Gasteiger partial charge in [0, 0.05) is 13.2 Å². The second-order valence-corrected chi connectivity index (χ2v) is 4.27. The molecule has 1 atom stereocenters. The summed E-state index contributed by atoms with van der Waals surface area (Å²) in [5.74, 6) is 2.00. The van der Waals surface area contributed by atoms with Crippen LogP contribution in [0.2, 0.25) is 0 Å². The van der Waals surface area contributed by atoms with Gasteiger partial charge < -0.3 is 10.1 Å². The molecular formula is C9H19NOS. The second kappa shape index (κ2) is 6.75. The van der Waals surface area contributed by atoms with Gasteiger partial charge in [-0.25, -0.2) is 0 Å². The van der Waals surface area contributed by atoms with Crippen molar-refractivity contribution in [1.82, 2.24) is 5.32 Å². The average molecular weight is 189 g/mol. The lowest BCUT2D eigenvalue weighted by Crippen LogP contribution is -2.14. The van der Waals surface area contributed by atoms with Gasteiger partial charge in [0.15, 0.2) is 0 Å². The van der Waals surface area contributed by atoms with Crippen LogP contribution in [-0.2, 0) is 4.74 Å². The summed E-state index contributed by atoms with van der Waals surface area (Å²) in [6.45, 7) is 4.24. The third kappa shape index (κ3) is 4.33. The van der Waals surface area contributed by atoms with Gasteiger partial charge in [0.05, 0.1) is 6.61 Å². The van der Waals surface area contributed by atoms with Gasteiger partial charge in [-0.3, -0.25) is 0 Å². The molecule has 1 N–H and O–H groups in total. The smallest absolute Gasteiger partial charge is 0.0506 e. The average Bonchev–Trinajstić information content (AvgIpc) is 2.57. The van der Waals surface area contributed by atoms with Crippen LogP contribution in [0, 0.1) is 5.92 Å². The Morgan fingerprint density at radius 2 is 2.50 bits per heavy atom. The van der Waals surface area contributed by atoms with Gasteiger partial charge in [0.1, 0.15) is 0 Å². The van der Waals surface area contributed by atoms with E-state index in [9.17, 15) is 0 Å². The number of hydrogen-bond donors (Lipinski definition) is 1. The Labute approximate surface area is 79.4 Å². The molecule has 2 nitrogen and oxygen atoms in total. The SMILES string of the molecule is CSCCCOCC1CCNC1. The molecule has 1 saturated heterocycles. The minimum atomic E-state index is 0.777. The Kier molecular flexibility index (Phi) is 5.82. The topological polar surface area (TPSA) is 21.3 Å². The lowest BCUT2D eigenvalue weighted by molar-refractivity contribution is 0.106. The van der Waals surface area contributed by atoms with Crippen LogP contribution in [0.1, 0.15) is 12.8 Å². The third-order valence-corrected chi connectivity index (χ3v) is 2.85. The quantitative estimate of drug-likeness (QED) is 0.638. The van der Waals surface area contributed by atoms with Crippen molar-refractivity contribution in [3.05, 3.63) is 0 Å². The van der Waals surface area contributed by atoms with E-state index < -0.39 is 0 Å². The number of nitrogens with one attached hydrogen (secondary N) is 1. The molecule has 1 heterocycles. The van der Waals surface area contributed by atoms with E-state index in [2.05, 4.69) is 11.6 Å². The molecule has 1 aliphatic rings. The lowest BCUT2D eigenvalue weighted by Gasteiger charge is -2.08. The monoisotopic (exact) mass is 189 g/mol. The Bertz CT molecular complexity index is 105. The molecule has 0 aromatic rings. The Morgan fingerprint density at radius 1 is 1.58 bits per heavy atom. The van der Waals surface area contributed by atoms with E-state index >= 15 is 0 Å². The summed E-state index contributed by atoms with van der Waals surface area (Å²) in [7, 11) is 0. The van der Waals surface area contributed by atoms with Crippen LogP contribution in [0.25, 0.3) is 0 Å². The Balaban J connectivity index is 1.81. The molecule has 72 valence electrons. The first-order valence-electron chi connectivity index (χ1n) is 4.71. The fraction of sp³-hybridized carbons (Fsp3) is 1.00. The fourth-order valence-corrected chi connectivity index (χ4v) is 1.82. The number of thioether (sulfide) groups is 1. The molecule has 3 heteroatoms. The van der Waals surface area contributed by atoms with Crippen molar-refractivity contribution in [3.8, 4) is 0 Å². The zero-order valence-corrected chi connectivity index (χ0v) is 8.66. The maximum absolute atomic E-state index is 5.57. The molecule has 12 heavy (non-hydrogen) atoms. The summed E-state index contributed by atoms with van der Waals surface area (Å²) in [6.07, 6.45) is 4.63. The summed E-state index contributed by atoms with van der Waals surface area (Å²) in [5.41, 5.74) is 0. The molecule has 0 spiro atoms. The van der Waals surface area contributed by atoms with E-state index in [1.54, 1.807) is 0 Å². The van der Waals surface area contributed by atoms with Gasteiger partial charge >= 0.3 is 0 Å². The van der Waals surface area contributed by atoms with Crippen molar-refractivity contribution in [1.29, 1.82) is 0 Å². The van der Waals surface area contributed by atoms with Crippen molar-refractivity contribution >= 4 is 11.8 Å². The van der Waals surface area contributed by atoms with Crippen LogP contribution in [0.5, 0.6) is 0 Å². The molecule has 1 fully saturated rings.